The Labute approximate surface area is 123 Å². The number of rotatable bonds is 8. The van der Waals surface area contributed by atoms with E-state index in [4.69, 9.17) is 18.3 Å². The van der Waals surface area contributed by atoms with Crippen LogP contribution >= 0.6 is 0 Å². The number of methoxy groups -OCH3 is 2. The van der Waals surface area contributed by atoms with Crippen molar-refractivity contribution in [1.29, 1.82) is 0 Å². The van der Waals surface area contributed by atoms with E-state index in [1.165, 1.54) is 0 Å². The summed E-state index contributed by atoms with van der Waals surface area (Å²) in [6, 6.07) is 6.66. The van der Waals surface area contributed by atoms with Crippen LogP contribution in [-0.4, -0.2) is 35.7 Å². The molecule has 0 aliphatic rings. The van der Waals surface area contributed by atoms with Crippen molar-refractivity contribution in [2.75, 3.05) is 14.2 Å². The summed E-state index contributed by atoms with van der Waals surface area (Å²) in [5, 5.41) is 0. The van der Waals surface area contributed by atoms with Gasteiger partial charge in [0.05, 0.1) is 14.2 Å². The van der Waals surface area contributed by atoms with E-state index in [0.717, 1.165) is 23.1 Å². The molecule has 0 amide bonds. The zero-order valence-electron chi connectivity index (χ0n) is 13.3. The molecule has 0 spiro atoms. The van der Waals surface area contributed by atoms with Crippen LogP contribution in [0.25, 0.3) is 0 Å². The number of hydrogen-bond acceptors (Lipinski definition) is 4. The lowest BCUT2D eigenvalue weighted by Gasteiger charge is -2.22. The Morgan fingerprint density at radius 1 is 0.950 bits per heavy atom. The average Bonchev–Trinajstić information content (AvgIpc) is 2.36. The first kappa shape index (κ1) is 17.0. The van der Waals surface area contributed by atoms with Gasteiger partial charge in [-0.15, -0.1) is 0 Å². The number of benzene rings is 1. The van der Waals surface area contributed by atoms with Gasteiger partial charge in [-0.05, 0) is 39.3 Å². The topological polar surface area (TPSA) is 36.9 Å². The predicted octanol–water partition coefficient (Wildman–Crippen LogP) is 2.86. The van der Waals surface area contributed by atoms with Gasteiger partial charge >= 0.3 is 9.28 Å². The van der Waals surface area contributed by atoms with Crippen LogP contribution in [0.4, 0.5) is 0 Å². The van der Waals surface area contributed by atoms with E-state index in [9.17, 15) is 0 Å². The van der Waals surface area contributed by atoms with Gasteiger partial charge in [-0.3, -0.25) is 0 Å². The molecular formula is C15H26O4Si. The van der Waals surface area contributed by atoms with Crippen molar-refractivity contribution in [2.45, 2.75) is 45.9 Å². The molecule has 0 unspecified atom stereocenters. The summed E-state index contributed by atoms with van der Waals surface area (Å²) in [5.41, 5.74) is 1.07. The Kier molecular flexibility index (Phi) is 7.05. The van der Waals surface area contributed by atoms with Crippen LogP contribution in [0.3, 0.4) is 0 Å². The van der Waals surface area contributed by atoms with Crippen molar-refractivity contribution < 1.29 is 18.3 Å². The molecule has 0 saturated heterocycles. The van der Waals surface area contributed by atoms with Crippen LogP contribution in [0.2, 0.25) is 0 Å². The second kappa shape index (κ2) is 8.29. The summed E-state index contributed by atoms with van der Waals surface area (Å²) in [6.07, 6.45) is 0.337. The monoisotopic (exact) mass is 298 g/mol. The third kappa shape index (κ3) is 5.15. The highest BCUT2D eigenvalue weighted by Crippen LogP contribution is 2.31. The lowest BCUT2D eigenvalue weighted by molar-refractivity contribution is 0.129. The zero-order valence-corrected chi connectivity index (χ0v) is 14.5. The molecule has 0 aliphatic heterocycles. The van der Waals surface area contributed by atoms with E-state index in [1.807, 2.05) is 45.9 Å². The Morgan fingerprint density at radius 3 is 2.00 bits per heavy atom. The van der Waals surface area contributed by atoms with Crippen LogP contribution in [-0.2, 0) is 14.9 Å². The van der Waals surface area contributed by atoms with E-state index in [1.54, 1.807) is 14.2 Å². The zero-order chi connectivity index (χ0) is 15.1. The molecule has 0 atom stereocenters. The third-order valence-electron chi connectivity index (χ3n) is 2.72. The molecule has 1 rings (SSSR count). The van der Waals surface area contributed by atoms with E-state index in [-0.39, 0.29) is 12.2 Å². The maximum atomic E-state index is 5.96. The second-order valence-electron chi connectivity index (χ2n) is 5.16. The Morgan fingerprint density at radius 2 is 1.55 bits per heavy atom. The molecular weight excluding hydrogens is 272 g/mol. The van der Waals surface area contributed by atoms with Gasteiger partial charge in [0.15, 0.2) is 11.5 Å². The summed E-state index contributed by atoms with van der Waals surface area (Å²) in [5.74, 6) is 1.51. The summed E-state index contributed by atoms with van der Waals surface area (Å²) in [7, 11) is 1.52. The SMILES string of the molecule is COc1cccc(C[SiH](OC(C)C)OC(C)C)c1OC. The molecule has 0 radical (unpaired) electrons. The van der Waals surface area contributed by atoms with Crippen LogP contribution in [0, 0.1) is 0 Å². The molecule has 114 valence electrons. The normalized spacial score (nSPS) is 11.4. The number of hydrogen-bond donors (Lipinski definition) is 0. The van der Waals surface area contributed by atoms with Crippen LogP contribution in [0.5, 0.6) is 11.5 Å². The van der Waals surface area contributed by atoms with Gasteiger partial charge in [-0.1, -0.05) is 12.1 Å². The number of para-hydroxylation sites is 1. The molecule has 1 aromatic rings. The molecule has 0 fully saturated rings. The molecule has 0 saturated carbocycles. The van der Waals surface area contributed by atoms with Crippen molar-refractivity contribution in [3.8, 4) is 11.5 Å². The van der Waals surface area contributed by atoms with Crippen molar-refractivity contribution in [3.05, 3.63) is 23.8 Å². The highest BCUT2D eigenvalue weighted by atomic mass is 28.3. The average molecular weight is 298 g/mol. The lowest BCUT2D eigenvalue weighted by atomic mass is 10.2. The van der Waals surface area contributed by atoms with Gasteiger partial charge in [-0.2, -0.15) is 0 Å². The van der Waals surface area contributed by atoms with Crippen molar-refractivity contribution in [3.63, 3.8) is 0 Å². The fraction of sp³-hybridized carbons (Fsp3) is 0.600. The van der Waals surface area contributed by atoms with Crippen molar-refractivity contribution in [2.24, 2.45) is 0 Å². The van der Waals surface area contributed by atoms with Gasteiger partial charge in [0.25, 0.3) is 0 Å². The maximum Gasteiger partial charge on any atom is 0.326 e. The van der Waals surface area contributed by atoms with E-state index < -0.39 is 9.28 Å². The molecule has 1 aromatic carbocycles. The van der Waals surface area contributed by atoms with Crippen LogP contribution in [0.1, 0.15) is 33.3 Å². The smallest absolute Gasteiger partial charge is 0.326 e. The molecule has 4 nitrogen and oxygen atoms in total. The predicted molar refractivity (Wildman–Crippen MR) is 82.8 cm³/mol. The summed E-state index contributed by atoms with van der Waals surface area (Å²) in [6.45, 7) is 8.14. The maximum absolute atomic E-state index is 5.96. The molecule has 0 bridgehead atoms. The Bertz CT molecular complexity index is 397. The van der Waals surface area contributed by atoms with Crippen LogP contribution < -0.4 is 9.47 Å². The molecule has 5 heteroatoms. The van der Waals surface area contributed by atoms with E-state index in [2.05, 4.69) is 0 Å². The third-order valence-corrected chi connectivity index (χ3v) is 5.19. The minimum Gasteiger partial charge on any atom is -0.493 e. The van der Waals surface area contributed by atoms with Gasteiger partial charge in [-0.25, -0.2) is 0 Å². The number of ether oxygens (including phenoxy) is 2. The van der Waals surface area contributed by atoms with E-state index >= 15 is 0 Å². The lowest BCUT2D eigenvalue weighted by Crippen LogP contribution is -2.32. The fourth-order valence-corrected chi connectivity index (χ4v) is 4.18. The molecule has 0 aromatic heterocycles. The minimum absolute atomic E-state index is 0.169. The minimum atomic E-state index is -1.79. The summed E-state index contributed by atoms with van der Waals surface area (Å²) in [4.78, 5) is 0. The summed E-state index contributed by atoms with van der Waals surface area (Å²) >= 11 is 0. The second-order valence-corrected chi connectivity index (χ2v) is 6.97. The first-order chi connectivity index (χ1) is 9.47. The highest BCUT2D eigenvalue weighted by molar-refractivity contribution is 6.44. The Balaban J connectivity index is 2.92. The van der Waals surface area contributed by atoms with Crippen molar-refractivity contribution in [1.82, 2.24) is 0 Å². The molecule has 0 N–H and O–H groups in total. The van der Waals surface area contributed by atoms with Crippen LogP contribution in [0.15, 0.2) is 18.2 Å². The standard InChI is InChI=1S/C15H26O4Si/c1-11(2)18-20(19-12(3)4)10-13-8-7-9-14(16-5)15(13)17-6/h7-9,11-12,20H,10H2,1-6H3. The molecule has 20 heavy (non-hydrogen) atoms. The fourth-order valence-electron chi connectivity index (χ4n) is 2.03. The Hall–Kier alpha value is -1.04. The van der Waals surface area contributed by atoms with Gasteiger partial charge in [0.2, 0.25) is 0 Å². The first-order valence-electron chi connectivity index (χ1n) is 6.98. The largest absolute Gasteiger partial charge is 0.493 e. The van der Waals surface area contributed by atoms with Gasteiger partial charge in [0, 0.05) is 18.3 Å². The quantitative estimate of drug-likeness (QED) is 0.692. The summed E-state index contributed by atoms with van der Waals surface area (Å²) < 4.78 is 22.7. The van der Waals surface area contributed by atoms with Gasteiger partial charge in [0.1, 0.15) is 0 Å². The molecule has 0 aliphatic carbocycles. The van der Waals surface area contributed by atoms with E-state index in [0.29, 0.717) is 0 Å². The van der Waals surface area contributed by atoms with Gasteiger partial charge < -0.3 is 18.3 Å². The highest BCUT2D eigenvalue weighted by Gasteiger charge is 2.21. The first-order valence-corrected chi connectivity index (χ1v) is 8.74. The van der Waals surface area contributed by atoms with Crippen molar-refractivity contribution >= 4 is 9.28 Å². The molecule has 0 heterocycles.